The minimum Gasteiger partial charge on any atom is -0.317 e. The first kappa shape index (κ1) is 16.4. The third-order valence-electron chi connectivity index (χ3n) is 4.74. The number of nitro groups is 1. The summed E-state index contributed by atoms with van der Waals surface area (Å²) in [4.78, 5) is 37.5. The van der Waals surface area contributed by atoms with Crippen LogP contribution in [-0.2, 0) is 17.6 Å². The fourth-order valence-corrected chi connectivity index (χ4v) is 5.29. The molecule has 2 atom stereocenters. The van der Waals surface area contributed by atoms with Crippen LogP contribution >= 0.6 is 22.7 Å². The topological polar surface area (TPSA) is 89.3 Å². The molecule has 25 heavy (non-hydrogen) atoms. The predicted molar refractivity (Wildman–Crippen MR) is 96.2 cm³/mol. The number of rotatable bonds is 5. The van der Waals surface area contributed by atoms with Crippen LogP contribution in [0.5, 0.6) is 0 Å². The Bertz CT molecular complexity index is 856. The van der Waals surface area contributed by atoms with E-state index in [-0.39, 0.29) is 18.1 Å². The lowest BCUT2D eigenvalue weighted by molar-refractivity contribution is -0.497. The molecule has 1 amide bonds. The number of nitrogens with one attached hydrogen (secondary N) is 1. The van der Waals surface area contributed by atoms with Gasteiger partial charge in [0, 0.05) is 16.2 Å². The second-order valence-electron chi connectivity index (χ2n) is 6.41. The molecule has 0 aliphatic heterocycles. The second-order valence-corrected chi connectivity index (χ2v) is 8.46. The van der Waals surface area contributed by atoms with E-state index in [1.165, 1.54) is 22.7 Å². The zero-order valence-corrected chi connectivity index (χ0v) is 15.0. The van der Waals surface area contributed by atoms with Gasteiger partial charge in [-0.25, -0.2) is 0 Å². The Hall–Kier alpha value is -2.06. The van der Waals surface area contributed by atoms with Crippen molar-refractivity contribution in [2.45, 2.75) is 38.1 Å². The maximum Gasteiger partial charge on any atom is 0.235 e. The van der Waals surface area contributed by atoms with Crippen molar-refractivity contribution in [3.05, 3.63) is 48.5 Å². The Kier molecular flexibility index (Phi) is 4.16. The number of amides is 1. The number of nitrogens with zero attached hydrogens (tertiary/aromatic N) is 1. The maximum atomic E-state index is 13.0. The largest absolute Gasteiger partial charge is 0.317 e. The summed E-state index contributed by atoms with van der Waals surface area (Å²) in [6, 6.07) is 2.83. The Morgan fingerprint density at radius 1 is 1.28 bits per heavy atom. The number of carbonyl (C=O) groups excluding carboxylic acids is 2. The summed E-state index contributed by atoms with van der Waals surface area (Å²) in [5, 5.41) is 16.0. The molecule has 8 heteroatoms. The van der Waals surface area contributed by atoms with Crippen LogP contribution in [0.2, 0.25) is 0 Å². The molecule has 2 aromatic heterocycles. The van der Waals surface area contributed by atoms with E-state index in [4.69, 9.17) is 0 Å². The first-order chi connectivity index (χ1) is 12.1. The van der Waals surface area contributed by atoms with E-state index in [0.29, 0.717) is 15.4 Å². The molecule has 1 saturated carbocycles. The number of hydrogen-bond donors (Lipinski definition) is 1. The van der Waals surface area contributed by atoms with E-state index in [1.807, 2.05) is 11.4 Å². The van der Waals surface area contributed by atoms with Crippen molar-refractivity contribution in [3.8, 4) is 0 Å². The molecule has 0 radical (unpaired) electrons. The van der Waals surface area contributed by atoms with Gasteiger partial charge in [-0.15, -0.1) is 22.7 Å². The predicted octanol–water partition coefficient (Wildman–Crippen LogP) is 3.52. The van der Waals surface area contributed by atoms with Gasteiger partial charge in [0.15, 0.2) is 0 Å². The fraction of sp³-hybridized carbons (Fsp3) is 0.412. The van der Waals surface area contributed by atoms with Gasteiger partial charge in [-0.1, -0.05) is 6.07 Å². The van der Waals surface area contributed by atoms with E-state index in [1.54, 1.807) is 6.07 Å². The molecule has 130 valence electrons. The van der Waals surface area contributed by atoms with Gasteiger partial charge in [0.2, 0.25) is 17.7 Å². The normalized spacial score (nSPS) is 21.4. The molecule has 0 aromatic carbocycles. The molecule has 0 saturated heterocycles. The van der Waals surface area contributed by atoms with E-state index < -0.39 is 16.9 Å². The van der Waals surface area contributed by atoms with E-state index >= 15 is 0 Å². The van der Waals surface area contributed by atoms with Crippen LogP contribution in [0.15, 0.2) is 17.5 Å². The average molecular weight is 376 g/mol. The summed E-state index contributed by atoms with van der Waals surface area (Å²) in [5.74, 6) is -0.995. The van der Waals surface area contributed by atoms with Crippen LogP contribution in [-0.4, -0.2) is 22.7 Å². The lowest BCUT2D eigenvalue weighted by Crippen LogP contribution is -2.19. The molecule has 2 aromatic rings. The first-order valence-electron chi connectivity index (χ1n) is 8.23. The summed E-state index contributed by atoms with van der Waals surface area (Å²) in [6.07, 6.45) is 4.15. The smallest absolute Gasteiger partial charge is 0.235 e. The van der Waals surface area contributed by atoms with Gasteiger partial charge in [0.25, 0.3) is 0 Å². The average Bonchev–Trinajstić information content (AvgIpc) is 3.07. The fourth-order valence-electron chi connectivity index (χ4n) is 3.33. The number of fused-ring (bicyclic) bond motifs is 1. The molecule has 6 nitrogen and oxygen atoms in total. The third-order valence-corrected chi connectivity index (χ3v) is 6.82. The highest BCUT2D eigenvalue weighted by Gasteiger charge is 2.53. The Labute approximate surface area is 152 Å². The molecule has 2 aliphatic carbocycles. The number of anilines is 1. The molecular formula is C17H16N2O4S2. The minimum atomic E-state index is -0.786. The minimum absolute atomic E-state index is 0.0636. The molecular weight excluding hydrogens is 360 g/mol. The molecule has 1 N–H and O–H groups in total. The van der Waals surface area contributed by atoms with E-state index in [9.17, 15) is 19.7 Å². The van der Waals surface area contributed by atoms with E-state index in [0.717, 1.165) is 36.1 Å². The van der Waals surface area contributed by atoms with Crippen molar-refractivity contribution >= 4 is 39.4 Å². The molecule has 1 fully saturated rings. The quantitative estimate of drug-likeness (QED) is 0.491. The summed E-state index contributed by atoms with van der Waals surface area (Å²) >= 11 is 2.84. The third kappa shape index (κ3) is 3.00. The highest BCUT2D eigenvalue weighted by Crippen LogP contribution is 2.41. The summed E-state index contributed by atoms with van der Waals surface area (Å²) in [7, 11) is 0. The standard InChI is InChI=1S/C17H16N2O4S2/c20-15(13-6-3-7-24-13)14-9-4-1-2-5-12(9)25-17(14)18-16(21)10-8-11(10)19(22)23/h3,6-7,10-11H,1-2,4-5,8H2,(H,18,21). The number of aryl methyl sites for hydroxylation is 1. The van der Waals surface area contributed by atoms with Crippen LogP contribution in [0.25, 0.3) is 0 Å². The molecule has 0 bridgehead atoms. The highest BCUT2D eigenvalue weighted by atomic mass is 32.1. The van der Waals surface area contributed by atoms with Gasteiger partial charge in [0.1, 0.15) is 10.9 Å². The first-order valence-corrected chi connectivity index (χ1v) is 9.93. The van der Waals surface area contributed by atoms with Gasteiger partial charge in [-0.05, 0) is 42.7 Å². The lowest BCUT2D eigenvalue weighted by Gasteiger charge is -2.12. The van der Waals surface area contributed by atoms with Crippen molar-refractivity contribution in [1.82, 2.24) is 0 Å². The summed E-state index contributed by atoms with van der Waals surface area (Å²) in [6.45, 7) is 0. The van der Waals surface area contributed by atoms with Gasteiger partial charge in [-0.2, -0.15) is 0 Å². The zero-order chi connectivity index (χ0) is 17.6. The molecule has 0 spiro atoms. The number of carbonyl (C=O) groups is 2. The zero-order valence-electron chi connectivity index (χ0n) is 13.3. The lowest BCUT2D eigenvalue weighted by atomic mass is 9.93. The monoisotopic (exact) mass is 376 g/mol. The van der Waals surface area contributed by atoms with Gasteiger partial charge < -0.3 is 5.32 Å². The maximum absolute atomic E-state index is 13.0. The van der Waals surface area contributed by atoms with Crippen LogP contribution < -0.4 is 5.32 Å². The van der Waals surface area contributed by atoms with Gasteiger partial charge in [0.05, 0.1) is 10.4 Å². The van der Waals surface area contributed by atoms with Gasteiger partial charge in [-0.3, -0.25) is 19.7 Å². The van der Waals surface area contributed by atoms with Crippen LogP contribution in [0.4, 0.5) is 5.00 Å². The van der Waals surface area contributed by atoms with Crippen LogP contribution in [0, 0.1) is 16.0 Å². The number of hydrogen-bond acceptors (Lipinski definition) is 6. The molecule has 2 heterocycles. The Balaban J connectivity index is 1.65. The Morgan fingerprint density at radius 2 is 2.08 bits per heavy atom. The number of thiophene rings is 2. The molecule has 4 rings (SSSR count). The Morgan fingerprint density at radius 3 is 2.76 bits per heavy atom. The molecule has 2 unspecified atom stereocenters. The van der Waals surface area contributed by atoms with Crippen molar-refractivity contribution in [2.24, 2.45) is 5.92 Å². The van der Waals surface area contributed by atoms with Crippen molar-refractivity contribution in [2.75, 3.05) is 5.32 Å². The summed E-state index contributed by atoms with van der Waals surface area (Å²) < 4.78 is 0. The van der Waals surface area contributed by atoms with Crippen LogP contribution in [0.1, 0.15) is 44.9 Å². The molecule has 2 aliphatic rings. The van der Waals surface area contributed by atoms with Gasteiger partial charge >= 0.3 is 0 Å². The van der Waals surface area contributed by atoms with Crippen molar-refractivity contribution in [3.63, 3.8) is 0 Å². The number of ketones is 1. The SMILES string of the molecule is O=C(c1cccs1)c1c(NC(=O)C2CC2[N+](=O)[O-])sc2c1CCCC2. The summed E-state index contributed by atoms with van der Waals surface area (Å²) in [5.41, 5.74) is 1.64. The van der Waals surface area contributed by atoms with Crippen molar-refractivity contribution < 1.29 is 14.5 Å². The highest BCUT2D eigenvalue weighted by molar-refractivity contribution is 7.17. The van der Waals surface area contributed by atoms with Crippen molar-refractivity contribution in [1.29, 1.82) is 0 Å². The van der Waals surface area contributed by atoms with Crippen LogP contribution in [0.3, 0.4) is 0 Å². The second kappa shape index (κ2) is 6.34. The van der Waals surface area contributed by atoms with E-state index in [2.05, 4.69) is 5.32 Å².